The highest BCUT2D eigenvalue weighted by Gasteiger charge is 2.42. The molecule has 1 aromatic carbocycles. The maximum atomic E-state index is 13.9. The van der Waals surface area contributed by atoms with Gasteiger partial charge >= 0.3 is 6.18 Å². The van der Waals surface area contributed by atoms with Crippen molar-refractivity contribution in [3.05, 3.63) is 53.0 Å². The number of amides is 1. The Hall–Kier alpha value is -2.72. The van der Waals surface area contributed by atoms with Crippen molar-refractivity contribution in [3.8, 4) is 0 Å². The molecule has 2 fully saturated rings. The van der Waals surface area contributed by atoms with Crippen molar-refractivity contribution in [1.29, 1.82) is 0 Å². The van der Waals surface area contributed by atoms with E-state index in [1.54, 1.807) is 0 Å². The number of nitrogens with zero attached hydrogens (tertiary/aromatic N) is 4. The Labute approximate surface area is 215 Å². The standard InChI is InChI=1S/C27H34F3N5O2/c1-16-14-20(36)23-21(16)24(32-15-31-23)34-10-12-35(13-11-34)25(37)22(19-8-9-26(2,3)33-19)17-4-6-18(7-5-17)27(28,29)30/h4-7,15-16,19-20,22,33,36H,8-14H2,1-3H3/t16-,19?,20-,22?/m1/s1. The number of hydrogen-bond acceptors (Lipinski definition) is 6. The third-order valence-electron chi connectivity index (χ3n) is 8.09. The number of nitrogens with one attached hydrogen (secondary N) is 1. The largest absolute Gasteiger partial charge is 0.416 e. The molecule has 10 heteroatoms. The van der Waals surface area contributed by atoms with Gasteiger partial charge in [-0.1, -0.05) is 19.1 Å². The van der Waals surface area contributed by atoms with Crippen LogP contribution in [-0.2, 0) is 11.0 Å². The minimum atomic E-state index is -4.42. The van der Waals surface area contributed by atoms with E-state index < -0.39 is 23.8 Å². The minimum Gasteiger partial charge on any atom is -0.387 e. The van der Waals surface area contributed by atoms with Gasteiger partial charge in [0.25, 0.3) is 0 Å². The third-order valence-corrected chi connectivity index (χ3v) is 8.09. The molecule has 0 spiro atoms. The number of aliphatic hydroxyl groups excluding tert-OH is 1. The van der Waals surface area contributed by atoms with Crippen LogP contribution < -0.4 is 10.2 Å². The molecule has 37 heavy (non-hydrogen) atoms. The Balaban J connectivity index is 1.35. The summed E-state index contributed by atoms with van der Waals surface area (Å²) in [6.07, 6.45) is -1.23. The van der Waals surface area contributed by atoms with Crippen molar-refractivity contribution in [2.24, 2.45) is 0 Å². The van der Waals surface area contributed by atoms with Crippen LogP contribution in [0.2, 0.25) is 0 Å². The number of carbonyl (C=O) groups is 1. The molecule has 2 N–H and O–H groups in total. The zero-order chi connectivity index (χ0) is 26.5. The average Bonchev–Trinajstić information content (AvgIpc) is 3.36. The molecule has 1 aromatic heterocycles. The van der Waals surface area contributed by atoms with E-state index in [9.17, 15) is 23.1 Å². The third kappa shape index (κ3) is 5.05. The summed E-state index contributed by atoms with van der Waals surface area (Å²) in [6.45, 7) is 8.37. The van der Waals surface area contributed by atoms with Gasteiger partial charge in [-0.25, -0.2) is 9.97 Å². The number of hydrogen-bond donors (Lipinski definition) is 2. The van der Waals surface area contributed by atoms with Gasteiger partial charge in [0, 0.05) is 43.3 Å². The zero-order valence-electron chi connectivity index (χ0n) is 21.4. The summed E-state index contributed by atoms with van der Waals surface area (Å²) in [5.74, 6) is 0.349. The van der Waals surface area contributed by atoms with E-state index >= 15 is 0 Å². The molecule has 5 rings (SSSR count). The van der Waals surface area contributed by atoms with Crippen molar-refractivity contribution in [2.75, 3.05) is 31.1 Å². The second kappa shape index (κ2) is 9.54. The lowest BCUT2D eigenvalue weighted by atomic mass is 9.88. The first-order chi connectivity index (χ1) is 17.4. The van der Waals surface area contributed by atoms with E-state index in [4.69, 9.17) is 0 Å². The van der Waals surface area contributed by atoms with Crippen LogP contribution in [0.1, 0.15) is 80.4 Å². The first kappa shape index (κ1) is 25.9. The Morgan fingerprint density at radius 3 is 2.41 bits per heavy atom. The molecule has 3 aliphatic rings. The van der Waals surface area contributed by atoms with E-state index in [2.05, 4.69) is 41.0 Å². The fraction of sp³-hybridized carbons (Fsp3) is 0.593. The molecule has 2 unspecified atom stereocenters. The highest BCUT2D eigenvalue weighted by molar-refractivity contribution is 5.85. The Bertz CT molecular complexity index is 1150. The maximum Gasteiger partial charge on any atom is 0.416 e. The second-order valence-corrected chi connectivity index (χ2v) is 11.2. The Kier molecular flexibility index (Phi) is 6.68. The molecule has 2 aromatic rings. The van der Waals surface area contributed by atoms with E-state index in [0.29, 0.717) is 43.9 Å². The van der Waals surface area contributed by atoms with Crippen molar-refractivity contribution >= 4 is 11.7 Å². The molecule has 2 saturated heterocycles. The first-order valence-corrected chi connectivity index (χ1v) is 13.0. The quantitative estimate of drug-likeness (QED) is 0.638. The van der Waals surface area contributed by atoms with Crippen LogP contribution >= 0.6 is 0 Å². The summed E-state index contributed by atoms with van der Waals surface area (Å²) < 4.78 is 39.5. The van der Waals surface area contributed by atoms with E-state index in [1.165, 1.54) is 18.5 Å². The average molecular weight is 518 g/mol. The molecule has 0 saturated carbocycles. The molecule has 0 radical (unpaired) electrons. The van der Waals surface area contributed by atoms with Gasteiger partial charge in [0.2, 0.25) is 5.91 Å². The predicted octanol–water partition coefficient (Wildman–Crippen LogP) is 4.00. The van der Waals surface area contributed by atoms with Crippen molar-refractivity contribution < 1.29 is 23.1 Å². The summed E-state index contributed by atoms with van der Waals surface area (Å²) in [7, 11) is 0. The van der Waals surface area contributed by atoms with E-state index in [0.717, 1.165) is 36.4 Å². The SMILES string of the molecule is C[C@@H]1C[C@@H](O)c2ncnc(N3CCN(C(=O)C(c4ccc(C(F)(F)F)cc4)C4CCC(C)(C)N4)CC3)c21. The summed E-state index contributed by atoms with van der Waals surface area (Å²) >= 11 is 0. The van der Waals surface area contributed by atoms with Gasteiger partial charge in [0.15, 0.2) is 0 Å². The van der Waals surface area contributed by atoms with E-state index in [-0.39, 0.29) is 23.4 Å². The van der Waals surface area contributed by atoms with Gasteiger partial charge in [-0.15, -0.1) is 0 Å². The fourth-order valence-corrected chi connectivity index (χ4v) is 6.13. The van der Waals surface area contributed by atoms with Gasteiger partial charge in [0.05, 0.1) is 23.3 Å². The number of aliphatic hydroxyl groups is 1. The van der Waals surface area contributed by atoms with Gasteiger partial charge < -0.3 is 20.2 Å². The number of halogens is 3. The number of rotatable bonds is 4. The highest BCUT2D eigenvalue weighted by atomic mass is 19.4. The highest BCUT2D eigenvalue weighted by Crippen LogP contribution is 2.43. The predicted molar refractivity (Wildman–Crippen MR) is 133 cm³/mol. The van der Waals surface area contributed by atoms with Crippen molar-refractivity contribution in [1.82, 2.24) is 20.2 Å². The number of alkyl halides is 3. The van der Waals surface area contributed by atoms with Crippen LogP contribution in [0.3, 0.4) is 0 Å². The van der Waals surface area contributed by atoms with Crippen LogP contribution in [0, 0.1) is 0 Å². The lowest BCUT2D eigenvalue weighted by molar-refractivity contribution is -0.137. The summed E-state index contributed by atoms with van der Waals surface area (Å²) in [6, 6.07) is 4.89. The number of anilines is 1. The molecule has 3 heterocycles. The van der Waals surface area contributed by atoms with Crippen LogP contribution in [0.15, 0.2) is 30.6 Å². The number of benzene rings is 1. The Morgan fingerprint density at radius 1 is 1.14 bits per heavy atom. The van der Waals surface area contributed by atoms with Crippen LogP contribution in [0.5, 0.6) is 0 Å². The maximum absolute atomic E-state index is 13.9. The zero-order valence-corrected chi connectivity index (χ0v) is 21.4. The molecular formula is C27H34F3N5O2. The summed E-state index contributed by atoms with van der Waals surface area (Å²) in [5.41, 5.74) is 1.42. The first-order valence-electron chi connectivity index (χ1n) is 13.0. The molecule has 1 aliphatic carbocycles. The number of fused-ring (bicyclic) bond motifs is 1. The number of aromatic nitrogens is 2. The molecule has 0 bridgehead atoms. The van der Waals surface area contributed by atoms with Crippen LogP contribution in [0.4, 0.5) is 19.0 Å². The lowest BCUT2D eigenvalue weighted by Crippen LogP contribution is -2.53. The molecule has 2 aliphatic heterocycles. The van der Waals surface area contributed by atoms with E-state index in [1.807, 2.05) is 4.90 Å². The molecule has 1 amide bonds. The van der Waals surface area contributed by atoms with Crippen molar-refractivity contribution in [2.45, 2.75) is 75.7 Å². The summed E-state index contributed by atoms with van der Waals surface area (Å²) in [5, 5.41) is 13.9. The number of carbonyl (C=O) groups excluding carboxylic acids is 1. The monoisotopic (exact) mass is 517 g/mol. The molecule has 4 atom stereocenters. The fourth-order valence-electron chi connectivity index (χ4n) is 6.13. The molecule has 7 nitrogen and oxygen atoms in total. The molecular weight excluding hydrogens is 483 g/mol. The van der Waals surface area contributed by atoms with Gasteiger partial charge in [-0.05, 0) is 56.7 Å². The van der Waals surface area contributed by atoms with Gasteiger partial charge in [0.1, 0.15) is 12.1 Å². The minimum absolute atomic E-state index is 0.0636. The normalized spacial score (nSPS) is 26.3. The topological polar surface area (TPSA) is 81.6 Å². The smallest absolute Gasteiger partial charge is 0.387 e. The summed E-state index contributed by atoms with van der Waals surface area (Å²) in [4.78, 5) is 26.7. The van der Waals surface area contributed by atoms with Gasteiger partial charge in [-0.3, -0.25) is 4.79 Å². The van der Waals surface area contributed by atoms with Gasteiger partial charge in [-0.2, -0.15) is 13.2 Å². The molecule has 200 valence electrons. The lowest BCUT2D eigenvalue weighted by Gasteiger charge is -2.39. The Morgan fingerprint density at radius 2 is 1.81 bits per heavy atom. The van der Waals surface area contributed by atoms with Crippen LogP contribution in [0.25, 0.3) is 0 Å². The number of piperazine rings is 1. The second-order valence-electron chi connectivity index (χ2n) is 11.2. The van der Waals surface area contributed by atoms with Crippen LogP contribution in [-0.4, -0.2) is 63.6 Å². The van der Waals surface area contributed by atoms with Crippen molar-refractivity contribution in [3.63, 3.8) is 0 Å².